The second-order valence-corrected chi connectivity index (χ2v) is 7.76. The first-order valence-electron chi connectivity index (χ1n) is 10.3. The Morgan fingerprint density at radius 1 is 0.970 bits per heavy atom. The van der Waals surface area contributed by atoms with Crippen molar-refractivity contribution in [3.05, 3.63) is 92.4 Å². The number of aryl methyl sites for hydroxylation is 2. The summed E-state index contributed by atoms with van der Waals surface area (Å²) in [5, 5.41) is 2.81. The molecule has 1 amide bonds. The quantitative estimate of drug-likeness (QED) is 0.488. The highest BCUT2D eigenvalue weighted by Crippen LogP contribution is 2.14. The maximum atomic E-state index is 13.3. The molecule has 0 aliphatic heterocycles. The highest BCUT2D eigenvalue weighted by molar-refractivity contribution is 5.91. The highest BCUT2D eigenvalue weighted by atomic mass is 16.5. The predicted octanol–water partition coefficient (Wildman–Crippen LogP) is 2.27. The molecule has 4 rings (SSSR count). The SMILES string of the molecule is COc1ccc(Cn2c(=O)c3nccnc3n(CC(=O)Nc3cc(C)cc(C)c3)c2=O)cc1. The number of hydrogen-bond donors (Lipinski definition) is 1. The summed E-state index contributed by atoms with van der Waals surface area (Å²) in [5.74, 6) is 0.250. The van der Waals surface area contributed by atoms with Gasteiger partial charge in [-0.25, -0.2) is 14.8 Å². The van der Waals surface area contributed by atoms with Gasteiger partial charge in [0.25, 0.3) is 5.56 Å². The van der Waals surface area contributed by atoms with E-state index in [1.807, 2.05) is 32.0 Å². The zero-order valence-electron chi connectivity index (χ0n) is 18.5. The third-order valence-electron chi connectivity index (χ3n) is 5.15. The number of nitrogens with zero attached hydrogens (tertiary/aromatic N) is 4. The van der Waals surface area contributed by atoms with Gasteiger partial charge >= 0.3 is 5.69 Å². The van der Waals surface area contributed by atoms with Gasteiger partial charge in [-0.1, -0.05) is 18.2 Å². The lowest BCUT2D eigenvalue weighted by atomic mass is 10.1. The topological polar surface area (TPSA) is 108 Å². The molecule has 0 unspecified atom stereocenters. The fourth-order valence-electron chi connectivity index (χ4n) is 3.72. The van der Waals surface area contributed by atoms with Crippen molar-refractivity contribution in [2.24, 2.45) is 0 Å². The molecule has 1 N–H and O–H groups in total. The molecule has 0 aliphatic rings. The number of methoxy groups -OCH3 is 1. The number of fused-ring (bicyclic) bond motifs is 1. The van der Waals surface area contributed by atoms with Crippen LogP contribution in [-0.2, 0) is 17.9 Å². The van der Waals surface area contributed by atoms with Crippen LogP contribution in [-0.4, -0.2) is 32.1 Å². The third kappa shape index (κ3) is 4.67. The van der Waals surface area contributed by atoms with Crippen LogP contribution in [0.15, 0.2) is 64.4 Å². The molecule has 0 bridgehead atoms. The van der Waals surface area contributed by atoms with Crippen LogP contribution in [0, 0.1) is 13.8 Å². The number of hydrogen-bond acceptors (Lipinski definition) is 6. The summed E-state index contributed by atoms with van der Waals surface area (Å²) in [6, 6.07) is 12.7. The minimum Gasteiger partial charge on any atom is -0.497 e. The molecule has 0 saturated heterocycles. The van der Waals surface area contributed by atoms with Gasteiger partial charge in [0.15, 0.2) is 11.2 Å². The van der Waals surface area contributed by atoms with E-state index in [2.05, 4.69) is 15.3 Å². The number of anilines is 1. The Labute approximate surface area is 189 Å². The van der Waals surface area contributed by atoms with E-state index in [0.717, 1.165) is 21.3 Å². The van der Waals surface area contributed by atoms with Crippen molar-refractivity contribution in [3.8, 4) is 5.75 Å². The lowest BCUT2D eigenvalue weighted by molar-refractivity contribution is -0.116. The molecule has 0 aliphatic carbocycles. The average Bonchev–Trinajstić information content (AvgIpc) is 2.79. The van der Waals surface area contributed by atoms with Crippen molar-refractivity contribution < 1.29 is 9.53 Å². The summed E-state index contributed by atoms with van der Waals surface area (Å²) < 4.78 is 7.38. The van der Waals surface area contributed by atoms with Crippen molar-refractivity contribution in [1.82, 2.24) is 19.1 Å². The first kappa shape index (κ1) is 21.9. The Bertz CT molecular complexity index is 1430. The van der Waals surface area contributed by atoms with E-state index in [9.17, 15) is 14.4 Å². The van der Waals surface area contributed by atoms with Crippen LogP contribution < -0.4 is 21.3 Å². The number of aromatic nitrogens is 4. The minimum absolute atomic E-state index is 0.0183. The van der Waals surface area contributed by atoms with Crippen LogP contribution in [0.4, 0.5) is 5.69 Å². The number of ether oxygens (including phenoxy) is 1. The summed E-state index contributed by atoms with van der Waals surface area (Å²) in [6.45, 7) is 3.58. The molecule has 9 heteroatoms. The molecule has 2 heterocycles. The number of carbonyl (C=O) groups excluding carboxylic acids is 1. The number of carbonyl (C=O) groups is 1. The Kier molecular flexibility index (Phi) is 6.03. The van der Waals surface area contributed by atoms with Gasteiger partial charge in [0, 0.05) is 18.1 Å². The summed E-state index contributed by atoms with van der Waals surface area (Å²) in [7, 11) is 1.56. The van der Waals surface area contributed by atoms with E-state index >= 15 is 0 Å². The molecule has 0 saturated carbocycles. The molecule has 0 spiro atoms. The van der Waals surface area contributed by atoms with Crippen LogP contribution in [0.2, 0.25) is 0 Å². The van der Waals surface area contributed by atoms with Gasteiger partial charge in [-0.15, -0.1) is 0 Å². The predicted molar refractivity (Wildman–Crippen MR) is 125 cm³/mol. The van der Waals surface area contributed by atoms with Gasteiger partial charge in [-0.2, -0.15) is 0 Å². The Hall–Kier alpha value is -4.27. The zero-order valence-corrected chi connectivity index (χ0v) is 18.5. The van der Waals surface area contributed by atoms with Gasteiger partial charge in [-0.3, -0.25) is 18.7 Å². The highest BCUT2D eigenvalue weighted by Gasteiger charge is 2.18. The second kappa shape index (κ2) is 9.07. The van der Waals surface area contributed by atoms with Crippen LogP contribution in [0.25, 0.3) is 11.2 Å². The standard InChI is InChI=1S/C24H23N5O4/c1-15-10-16(2)12-18(11-15)27-20(30)14-28-22-21(25-8-9-26-22)23(31)29(24(28)32)13-17-4-6-19(33-3)7-5-17/h4-12H,13-14H2,1-3H3,(H,27,30). The summed E-state index contributed by atoms with van der Waals surface area (Å²) in [5.41, 5.74) is 2.25. The van der Waals surface area contributed by atoms with Crippen molar-refractivity contribution in [1.29, 1.82) is 0 Å². The fourth-order valence-corrected chi connectivity index (χ4v) is 3.72. The normalized spacial score (nSPS) is 10.9. The van der Waals surface area contributed by atoms with Gasteiger partial charge in [0.1, 0.15) is 12.3 Å². The van der Waals surface area contributed by atoms with Crippen molar-refractivity contribution in [2.45, 2.75) is 26.9 Å². The second-order valence-electron chi connectivity index (χ2n) is 7.76. The first-order valence-corrected chi connectivity index (χ1v) is 10.3. The molecule has 0 atom stereocenters. The molecule has 0 radical (unpaired) electrons. The zero-order chi connectivity index (χ0) is 23.5. The molecule has 2 aromatic carbocycles. The Morgan fingerprint density at radius 2 is 1.64 bits per heavy atom. The fraction of sp³-hybridized carbons (Fsp3) is 0.208. The van der Waals surface area contributed by atoms with Gasteiger partial charge < -0.3 is 10.1 Å². The summed E-state index contributed by atoms with van der Waals surface area (Å²) in [4.78, 5) is 47.4. The van der Waals surface area contributed by atoms with E-state index in [0.29, 0.717) is 11.4 Å². The van der Waals surface area contributed by atoms with Crippen LogP contribution >= 0.6 is 0 Å². The Balaban J connectivity index is 1.73. The maximum Gasteiger partial charge on any atom is 0.333 e. The number of nitrogens with one attached hydrogen (secondary N) is 1. The van der Waals surface area contributed by atoms with E-state index in [-0.39, 0.29) is 24.3 Å². The monoisotopic (exact) mass is 445 g/mol. The lowest BCUT2D eigenvalue weighted by Gasteiger charge is -2.13. The molecular formula is C24H23N5O4. The van der Waals surface area contributed by atoms with E-state index in [4.69, 9.17) is 4.74 Å². The average molecular weight is 445 g/mol. The molecular weight excluding hydrogens is 422 g/mol. The van der Waals surface area contributed by atoms with E-state index in [1.165, 1.54) is 17.0 Å². The molecule has 33 heavy (non-hydrogen) atoms. The molecule has 9 nitrogen and oxygen atoms in total. The van der Waals surface area contributed by atoms with Gasteiger partial charge in [-0.05, 0) is 54.8 Å². The number of amides is 1. The third-order valence-corrected chi connectivity index (χ3v) is 5.15. The summed E-state index contributed by atoms with van der Waals surface area (Å²) >= 11 is 0. The minimum atomic E-state index is -0.639. The lowest BCUT2D eigenvalue weighted by Crippen LogP contribution is -2.42. The molecule has 0 fully saturated rings. The maximum absolute atomic E-state index is 13.3. The molecule has 2 aromatic heterocycles. The summed E-state index contributed by atoms with van der Waals surface area (Å²) in [6.07, 6.45) is 2.76. The first-order chi connectivity index (χ1) is 15.9. The number of rotatable bonds is 6. The number of benzene rings is 2. The molecule has 4 aromatic rings. The largest absolute Gasteiger partial charge is 0.497 e. The van der Waals surface area contributed by atoms with Crippen molar-refractivity contribution in [2.75, 3.05) is 12.4 Å². The Morgan fingerprint density at radius 3 is 2.30 bits per heavy atom. The van der Waals surface area contributed by atoms with E-state index < -0.39 is 17.2 Å². The van der Waals surface area contributed by atoms with Crippen LogP contribution in [0.5, 0.6) is 5.75 Å². The van der Waals surface area contributed by atoms with Crippen LogP contribution in [0.3, 0.4) is 0 Å². The smallest absolute Gasteiger partial charge is 0.333 e. The van der Waals surface area contributed by atoms with Crippen LogP contribution in [0.1, 0.15) is 16.7 Å². The van der Waals surface area contributed by atoms with Gasteiger partial charge in [0.05, 0.1) is 13.7 Å². The molecule has 168 valence electrons. The van der Waals surface area contributed by atoms with Crippen molar-refractivity contribution >= 4 is 22.8 Å². The van der Waals surface area contributed by atoms with Crippen molar-refractivity contribution in [3.63, 3.8) is 0 Å². The van der Waals surface area contributed by atoms with E-state index in [1.54, 1.807) is 31.4 Å². The van der Waals surface area contributed by atoms with Gasteiger partial charge in [0.2, 0.25) is 5.91 Å².